The van der Waals surface area contributed by atoms with Gasteiger partial charge in [-0.05, 0) is 57.0 Å². The van der Waals surface area contributed by atoms with E-state index in [2.05, 4.69) is 26.0 Å². The van der Waals surface area contributed by atoms with E-state index in [0.29, 0.717) is 0 Å². The molecule has 4 heteroatoms. The lowest BCUT2D eigenvalue weighted by Gasteiger charge is -1.89. The van der Waals surface area contributed by atoms with Crippen molar-refractivity contribution in [3.63, 3.8) is 0 Å². The van der Waals surface area contributed by atoms with Crippen molar-refractivity contribution in [1.29, 1.82) is 0 Å². The predicted octanol–water partition coefficient (Wildman–Crippen LogP) is 3.87. The molecular formula is C18H22N4. The maximum Gasteiger partial charge on any atom is 0.125 e. The number of aromatic nitrogens is 4. The zero-order valence-corrected chi connectivity index (χ0v) is 13.6. The number of aryl methyl sites for hydroxylation is 4. The summed E-state index contributed by atoms with van der Waals surface area (Å²) in [5.41, 5.74) is 3.51. The zero-order valence-electron chi connectivity index (χ0n) is 13.6. The van der Waals surface area contributed by atoms with Gasteiger partial charge in [-0.15, -0.1) is 0 Å². The third-order valence-corrected chi connectivity index (χ3v) is 2.56. The third-order valence-electron chi connectivity index (χ3n) is 2.56. The molecule has 0 unspecified atom stereocenters. The Kier molecular flexibility index (Phi) is 8.05. The van der Waals surface area contributed by atoms with Crippen LogP contribution in [0.15, 0.2) is 61.3 Å². The molecule has 0 aliphatic carbocycles. The Balaban J connectivity index is 0.000000166. The van der Waals surface area contributed by atoms with Crippen molar-refractivity contribution in [3.05, 3.63) is 84.0 Å². The Morgan fingerprint density at radius 2 is 1.32 bits per heavy atom. The molecule has 3 aromatic heterocycles. The van der Waals surface area contributed by atoms with Crippen molar-refractivity contribution in [1.82, 2.24) is 19.9 Å². The van der Waals surface area contributed by atoms with Crippen LogP contribution < -0.4 is 0 Å². The van der Waals surface area contributed by atoms with Gasteiger partial charge in [0.15, 0.2) is 0 Å². The van der Waals surface area contributed by atoms with Crippen LogP contribution in [0.2, 0.25) is 0 Å². The summed E-state index contributed by atoms with van der Waals surface area (Å²) in [5.74, 6) is 0.822. The normalized spacial score (nSPS) is 8.91. The average Bonchev–Trinajstić information content (AvgIpc) is 2.53. The first-order valence-corrected chi connectivity index (χ1v) is 7.07. The van der Waals surface area contributed by atoms with Crippen LogP contribution in [0, 0.1) is 27.7 Å². The third kappa shape index (κ3) is 8.53. The van der Waals surface area contributed by atoms with E-state index in [-0.39, 0.29) is 0 Å². The fraction of sp³-hybridized carbons (Fsp3) is 0.222. The zero-order chi connectivity index (χ0) is 16.2. The summed E-state index contributed by atoms with van der Waals surface area (Å²) in [6.45, 7) is 7.90. The summed E-state index contributed by atoms with van der Waals surface area (Å²) < 4.78 is 0. The largest absolute Gasteiger partial charge is 0.264 e. The van der Waals surface area contributed by atoms with Crippen molar-refractivity contribution < 1.29 is 0 Å². The van der Waals surface area contributed by atoms with Crippen LogP contribution in [0.5, 0.6) is 0 Å². The Morgan fingerprint density at radius 3 is 1.64 bits per heavy atom. The minimum absolute atomic E-state index is 0.822. The minimum atomic E-state index is 0.822. The summed E-state index contributed by atoms with van der Waals surface area (Å²) in [6.07, 6.45) is 8.92. The number of hydrogen-bond acceptors (Lipinski definition) is 4. The molecule has 0 aromatic carbocycles. The van der Waals surface area contributed by atoms with Gasteiger partial charge >= 0.3 is 0 Å². The van der Waals surface area contributed by atoms with Gasteiger partial charge in [0, 0.05) is 36.7 Å². The van der Waals surface area contributed by atoms with Gasteiger partial charge in [-0.1, -0.05) is 12.1 Å². The van der Waals surface area contributed by atoms with Gasteiger partial charge in [0.1, 0.15) is 5.82 Å². The monoisotopic (exact) mass is 294 g/mol. The molecule has 0 bridgehead atoms. The van der Waals surface area contributed by atoms with E-state index in [1.807, 2.05) is 58.3 Å². The molecule has 22 heavy (non-hydrogen) atoms. The highest BCUT2D eigenvalue weighted by Crippen LogP contribution is 1.94. The van der Waals surface area contributed by atoms with Crippen LogP contribution in [0.4, 0.5) is 0 Å². The molecule has 0 saturated carbocycles. The van der Waals surface area contributed by atoms with Gasteiger partial charge in [-0.25, -0.2) is 9.97 Å². The van der Waals surface area contributed by atoms with Gasteiger partial charge in [0.2, 0.25) is 0 Å². The highest BCUT2D eigenvalue weighted by molar-refractivity contribution is 5.10. The molecule has 3 rings (SSSR count). The van der Waals surface area contributed by atoms with Crippen LogP contribution >= 0.6 is 0 Å². The van der Waals surface area contributed by atoms with E-state index in [1.165, 1.54) is 11.1 Å². The summed E-state index contributed by atoms with van der Waals surface area (Å²) in [7, 11) is 0. The summed E-state index contributed by atoms with van der Waals surface area (Å²) in [6, 6.07) is 9.81. The first-order valence-electron chi connectivity index (χ1n) is 7.07. The molecular weight excluding hydrogens is 272 g/mol. The number of hydrogen-bond donors (Lipinski definition) is 0. The first-order chi connectivity index (χ1) is 10.6. The number of rotatable bonds is 0. The highest BCUT2D eigenvalue weighted by Gasteiger charge is 1.81. The van der Waals surface area contributed by atoms with Gasteiger partial charge in [-0.2, -0.15) is 0 Å². The highest BCUT2D eigenvalue weighted by atomic mass is 14.8. The Hall–Kier alpha value is -2.62. The smallest absolute Gasteiger partial charge is 0.125 e. The van der Waals surface area contributed by atoms with Gasteiger partial charge in [0.05, 0.1) is 0 Å². The predicted molar refractivity (Wildman–Crippen MR) is 89.5 cm³/mol. The molecule has 0 N–H and O–H groups in total. The number of nitrogens with zero attached hydrogens (tertiary/aromatic N) is 4. The summed E-state index contributed by atoms with van der Waals surface area (Å²) in [4.78, 5) is 15.7. The van der Waals surface area contributed by atoms with Gasteiger partial charge < -0.3 is 0 Å². The van der Waals surface area contributed by atoms with Crippen molar-refractivity contribution in [2.24, 2.45) is 0 Å². The van der Waals surface area contributed by atoms with Crippen molar-refractivity contribution in [2.45, 2.75) is 27.7 Å². The molecule has 0 fully saturated rings. The lowest BCUT2D eigenvalue weighted by atomic mass is 10.3. The van der Waals surface area contributed by atoms with Crippen LogP contribution in [0.25, 0.3) is 0 Å². The molecule has 4 nitrogen and oxygen atoms in total. The van der Waals surface area contributed by atoms with E-state index in [1.54, 1.807) is 24.7 Å². The summed E-state index contributed by atoms with van der Waals surface area (Å²) in [5, 5.41) is 0. The van der Waals surface area contributed by atoms with Crippen molar-refractivity contribution in [3.8, 4) is 0 Å². The first kappa shape index (κ1) is 17.4. The average molecular weight is 294 g/mol. The fourth-order valence-corrected chi connectivity index (χ4v) is 1.36. The van der Waals surface area contributed by atoms with Crippen molar-refractivity contribution >= 4 is 0 Å². The molecule has 3 heterocycles. The van der Waals surface area contributed by atoms with E-state index in [0.717, 1.165) is 11.5 Å². The quantitative estimate of drug-likeness (QED) is 0.631. The van der Waals surface area contributed by atoms with Crippen LogP contribution in [-0.4, -0.2) is 19.9 Å². The lowest BCUT2D eigenvalue weighted by molar-refractivity contribution is 1.05. The van der Waals surface area contributed by atoms with E-state index < -0.39 is 0 Å². The molecule has 0 aliphatic heterocycles. The van der Waals surface area contributed by atoms with E-state index in [9.17, 15) is 0 Å². The topological polar surface area (TPSA) is 51.6 Å². The fourth-order valence-electron chi connectivity index (χ4n) is 1.36. The molecule has 0 amide bonds. The molecule has 0 aliphatic rings. The van der Waals surface area contributed by atoms with Crippen LogP contribution in [0.1, 0.15) is 22.6 Å². The van der Waals surface area contributed by atoms with Crippen molar-refractivity contribution in [2.75, 3.05) is 0 Å². The van der Waals surface area contributed by atoms with Crippen LogP contribution in [-0.2, 0) is 0 Å². The second-order valence-corrected chi connectivity index (χ2v) is 4.80. The van der Waals surface area contributed by atoms with Crippen LogP contribution in [0.3, 0.4) is 0 Å². The summed E-state index contributed by atoms with van der Waals surface area (Å²) >= 11 is 0. The molecule has 0 radical (unpaired) electrons. The molecule has 3 aromatic rings. The molecule has 114 valence electrons. The second kappa shape index (κ2) is 10.2. The Labute approximate surface area is 132 Å². The molecule has 0 saturated heterocycles. The molecule has 0 spiro atoms. The second-order valence-electron chi connectivity index (χ2n) is 4.80. The van der Waals surface area contributed by atoms with E-state index >= 15 is 0 Å². The van der Waals surface area contributed by atoms with Gasteiger partial charge in [-0.3, -0.25) is 9.97 Å². The maximum atomic E-state index is 4.08. The van der Waals surface area contributed by atoms with Gasteiger partial charge in [0.25, 0.3) is 0 Å². The molecule has 0 atom stereocenters. The minimum Gasteiger partial charge on any atom is -0.264 e. The Bertz CT molecular complexity index is 564. The standard InChI is InChI=1S/C7H9N.C6H7N.C5H6N2/c1-6-3-4-7(2)8-5-6;1-6-3-2-4-7-5-6;1-5-6-3-2-4-7-5/h3-5H,1-2H3;2-5H,1H3;2-4H,1H3. The number of pyridine rings is 2. The maximum absolute atomic E-state index is 4.08. The Morgan fingerprint density at radius 1 is 0.636 bits per heavy atom. The SMILES string of the molecule is Cc1ccc(C)nc1.Cc1cccnc1.Cc1ncccn1. The van der Waals surface area contributed by atoms with E-state index in [4.69, 9.17) is 0 Å². The lowest BCUT2D eigenvalue weighted by Crippen LogP contribution is -1.80.